The number of nitrogens with zero attached hydrogens (tertiary/aromatic N) is 3. The predicted molar refractivity (Wildman–Crippen MR) is 84.6 cm³/mol. The zero-order valence-corrected chi connectivity index (χ0v) is 12.8. The van der Waals surface area contributed by atoms with E-state index in [1.54, 1.807) is 17.0 Å². The van der Waals surface area contributed by atoms with E-state index in [0.717, 1.165) is 12.0 Å². The molecule has 1 aliphatic heterocycles. The molecule has 0 aliphatic carbocycles. The van der Waals surface area contributed by atoms with Crippen LogP contribution in [0, 0.1) is 5.82 Å². The lowest BCUT2D eigenvalue weighted by Crippen LogP contribution is -2.36. The second kappa shape index (κ2) is 5.88. The molecule has 0 spiro atoms. The summed E-state index contributed by atoms with van der Waals surface area (Å²) in [5, 5.41) is 7.59. The van der Waals surface area contributed by atoms with Gasteiger partial charge in [0.1, 0.15) is 5.82 Å². The van der Waals surface area contributed by atoms with Gasteiger partial charge in [0, 0.05) is 13.1 Å². The summed E-state index contributed by atoms with van der Waals surface area (Å²) < 4.78 is 19.2. The largest absolute Gasteiger partial charge is 0.412 e. The van der Waals surface area contributed by atoms with E-state index in [-0.39, 0.29) is 23.3 Å². The van der Waals surface area contributed by atoms with Gasteiger partial charge in [0.2, 0.25) is 0 Å². The molecule has 0 atom stereocenters. The Morgan fingerprint density at radius 3 is 2.62 bits per heavy atom. The molecule has 0 fully saturated rings. The standard InChI is InChI=1S/C18H14FN3O2/c19-15-8-4-3-7-14(15)16-20-21-17(24-16)18(23)22-10-9-12-5-1-2-6-13(12)11-22/h1-8H,9-11H2. The summed E-state index contributed by atoms with van der Waals surface area (Å²) in [4.78, 5) is 14.2. The van der Waals surface area contributed by atoms with Crippen LogP contribution in [0.4, 0.5) is 4.39 Å². The van der Waals surface area contributed by atoms with Gasteiger partial charge in [0.25, 0.3) is 5.89 Å². The fraction of sp³-hybridized carbons (Fsp3) is 0.167. The van der Waals surface area contributed by atoms with Gasteiger partial charge in [-0.1, -0.05) is 36.4 Å². The summed E-state index contributed by atoms with van der Waals surface area (Å²) >= 11 is 0. The van der Waals surface area contributed by atoms with Gasteiger partial charge in [-0.15, -0.1) is 10.2 Å². The number of hydrogen-bond donors (Lipinski definition) is 0. The molecule has 5 nitrogen and oxygen atoms in total. The first-order valence-corrected chi connectivity index (χ1v) is 7.67. The van der Waals surface area contributed by atoms with Crippen LogP contribution in [0.15, 0.2) is 52.9 Å². The van der Waals surface area contributed by atoms with E-state index >= 15 is 0 Å². The van der Waals surface area contributed by atoms with Crippen molar-refractivity contribution in [2.75, 3.05) is 6.54 Å². The van der Waals surface area contributed by atoms with Crippen molar-refractivity contribution in [3.63, 3.8) is 0 Å². The number of halogens is 1. The molecule has 0 saturated heterocycles. The molecule has 1 aliphatic rings. The molecule has 24 heavy (non-hydrogen) atoms. The lowest BCUT2D eigenvalue weighted by Gasteiger charge is -2.27. The number of amides is 1. The Labute approximate surface area is 137 Å². The Kier molecular flexibility index (Phi) is 3.57. The number of rotatable bonds is 2. The molecule has 3 aromatic rings. The van der Waals surface area contributed by atoms with E-state index in [1.165, 1.54) is 17.7 Å². The second-order valence-corrected chi connectivity index (χ2v) is 5.64. The van der Waals surface area contributed by atoms with Crippen LogP contribution < -0.4 is 0 Å². The van der Waals surface area contributed by atoms with Gasteiger partial charge in [0.15, 0.2) is 0 Å². The van der Waals surface area contributed by atoms with E-state index < -0.39 is 5.82 Å². The minimum Gasteiger partial charge on any atom is -0.412 e. The van der Waals surface area contributed by atoms with Crippen LogP contribution >= 0.6 is 0 Å². The van der Waals surface area contributed by atoms with Gasteiger partial charge in [-0.25, -0.2) is 4.39 Å². The van der Waals surface area contributed by atoms with Gasteiger partial charge in [-0.05, 0) is 29.7 Å². The number of aromatic nitrogens is 2. The highest BCUT2D eigenvalue weighted by molar-refractivity contribution is 5.90. The van der Waals surface area contributed by atoms with Crippen molar-refractivity contribution in [1.29, 1.82) is 0 Å². The van der Waals surface area contributed by atoms with Crippen molar-refractivity contribution < 1.29 is 13.6 Å². The van der Waals surface area contributed by atoms with Crippen molar-refractivity contribution in [2.24, 2.45) is 0 Å². The SMILES string of the molecule is O=C(c1nnc(-c2ccccc2F)o1)N1CCc2ccccc2C1. The van der Waals surface area contributed by atoms with Gasteiger partial charge in [0.05, 0.1) is 5.56 Å². The molecular formula is C18H14FN3O2. The molecule has 0 N–H and O–H groups in total. The van der Waals surface area contributed by atoms with E-state index in [9.17, 15) is 9.18 Å². The fourth-order valence-corrected chi connectivity index (χ4v) is 2.86. The Balaban J connectivity index is 1.57. The molecule has 2 heterocycles. The molecule has 1 aromatic heterocycles. The first-order chi connectivity index (χ1) is 11.7. The van der Waals surface area contributed by atoms with E-state index in [1.807, 2.05) is 18.2 Å². The minimum atomic E-state index is -0.466. The fourth-order valence-electron chi connectivity index (χ4n) is 2.86. The highest BCUT2D eigenvalue weighted by Gasteiger charge is 2.26. The van der Waals surface area contributed by atoms with Crippen LogP contribution in [-0.2, 0) is 13.0 Å². The quantitative estimate of drug-likeness (QED) is 0.727. The Bertz CT molecular complexity index is 907. The maximum absolute atomic E-state index is 13.8. The van der Waals surface area contributed by atoms with Crippen LogP contribution in [0.3, 0.4) is 0 Å². The molecule has 0 bridgehead atoms. The normalized spacial score (nSPS) is 13.6. The van der Waals surface area contributed by atoms with Crippen molar-refractivity contribution in [2.45, 2.75) is 13.0 Å². The summed E-state index contributed by atoms with van der Waals surface area (Å²) in [5.41, 5.74) is 2.55. The van der Waals surface area contributed by atoms with E-state index in [4.69, 9.17) is 4.42 Å². The monoisotopic (exact) mass is 323 g/mol. The molecule has 6 heteroatoms. The number of hydrogen-bond acceptors (Lipinski definition) is 4. The molecule has 4 rings (SSSR count). The summed E-state index contributed by atoms with van der Waals surface area (Å²) in [6, 6.07) is 14.1. The molecule has 1 amide bonds. The molecule has 120 valence electrons. The Morgan fingerprint density at radius 2 is 1.79 bits per heavy atom. The summed E-state index contributed by atoms with van der Waals surface area (Å²) in [5.74, 6) is -0.909. The van der Waals surface area contributed by atoms with Gasteiger partial charge in [-0.2, -0.15) is 0 Å². The maximum Gasteiger partial charge on any atom is 0.311 e. The number of benzene rings is 2. The van der Waals surface area contributed by atoms with Crippen LogP contribution in [0.25, 0.3) is 11.5 Å². The van der Waals surface area contributed by atoms with Gasteiger partial charge >= 0.3 is 11.8 Å². The second-order valence-electron chi connectivity index (χ2n) is 5.64. The maximum atomic E-state index is 13.8. The molecular weight excluding hydrogens is 309 g/mol. The number of carbonyl (C=O) groups excluding carboxylic acids is 1. The molecule has 2 aromatic carbocycles. The third-order valence-electron chi connectivity index (χ3n) is 4.13. The van der Waals surface area contributed by atoms with Crippen molar-refractivity contribution in [1.82, 2.24) is 15.1 Å². The van der Waals surface area contributed by atoms with Crippen LogP contribution in [-0.4, -0.2) is 27.5 Å². The minimum absolute atomic E-state index is 0.00820. The third kappa shape index (κ3) is 2.56. The summed E-state index contributed by atoms with van der Waals surface area (Å²) in [6.07, 6.45) is 0.788. The van der Waals surface area contributed by atoms with Crippen LogP contribution in [0.5, 0.6) is 0 Å². The predicted octanol–water partition coefficient (Wildman–Crippen LogP) is 3.07. The van der Waals surface area contributed by atoms with Crippen LogP contribution in [0.2, 0.25) is 0 Å². The molecule has 0 radical (unpaired) electrons. The molecule has 0 unspecified atom stereocenters. The summed E-state index contributed by atoms with van der Waals surface area (Å²) in [6.45, 7) is 1.10. The lowest BCUT2D eigenvalue weighted by atomic mass is 10.00. The van der Waals surface area contributed by atoms with Crippen LogP contribution in [0.1, 0.15) is 21.8 Å². The van der Waals surface area contributed by atoms with E-state index in [0.29, 0.717) is 13.1 Å². The average molecular weight is 323 g/mol. The summed E-state index contributed by atoms with van der Waals surface area (Å²) in [7, 11) is 0. The van der Waals surface area contributed by atoms with E-state index in [2.05, 4.69) is 16.3 Å². The molecule has 0 saturated carbocycles. The third-order valence-corrected chi connectivity index (χ3v) is 4.13. The number of carbonyl (C=O) groups is 1. The number of fused-ring (bicyclic) bond motifs is 1. The Morgan fingerprint density at radius 1 is 1.04 bits per heavy atom. The van der Waals surface area contributed by atoms with Gasteiger partial charge < -0.3 is 9.32 Å². The highest BCUT2D eigenvalue weighted by atomic mass is 19.1. The smallest absolute Gasteiger partial charge is 0.311 e. The Hall–Kier alpha value is -3.02. The van der Waals surface area contributed by atoms with Crippen molar-refractivity contribution >= 4 is 5.91 Å². The zero-order chi connectivity index (χ0) is 16.5. The zero-order valence-electron chi connectivity index (χ0n) is 12.8. The van der Waals surface area contributed by atoms with Crippen molar-refractivity contribution in [3.8, 4) is 11.5 Å². The first kappa shape index (κ1) is 14.6. The van der Waals surface area contributed by atoms with Gasteiger partial charge in [-0.3, -0.25) is 4.79 Å². The topological polar surface area (TPSA) is 59.2 Å². The van der Waals surface area contributed by atoms with Crippen molar-refractivity contribution in [3.05, 3.63) is 71.4 Å². The lowest BCUT2D eigenvalue weighted by molar-refractivity contribution is 0.0695. The first-order valence-electron chi connectivity index (χ1n) is 7.67. The highest BCUT2D eigenvalue weighted by Crippen LogP contribution is 2.23. The average Bonchev–Trinajstić information content (AvgIpc) is 3.11.